The zero-order valence-corrected chi connectivity index (χ0v) is 15.9. The maximum atomic E-state index is 13.0. The second-order valence-corrected chi connectivity index (χ2v) is 8.71. The van der Waals surface area contributed by atoms with Gasteiger partial charge in [0.2, 0.25) is 10.0 Å². The lowest BCUT2D eigenvalue weighted by molar-refractivity contribution is 0.0712. The van der Waals surface area contributed by atoms with Crippen LogP contribution in [0.5, 0.6) is 0 Å². The Bertz CT molecular complexity index is 891. The Morgan fingerprint density at radius 3 is 2.88 bits per heavy atom. The number of carbonyl (C=O) groups excluding carboxylic acids is 1. The molecule has 2 aromatic rings. The number of hydrogen-bond donors (Lipinski definition) is 1. The van der Waals surface area contributed by atoms with Gasteiger partial charge >= 0.3 is 0 Å². The highest BCUT2D eigenvalue weighted by Gasteiger charge is 2.26. The van der Waals surface area contributed by atoms with Crippen molar-refractivity contribution in [2.75, 3.05) is 19.3 Å². The number of nitrogens with one attached hydrogen (secondary N) is 1. The summed E-state index contributed by atoms with van der Waals surface area (Å²) in [7, 11) is -3.21. The average molecular weight is 376 g/mol. The van der Waals surface area contributed by atoms with Gasteiger partial charge in [-0.05, 0) is 49.1 Å². The van der Waals surface area contributed by atoms with Gasteiger partial charge in [-0.15, -0.1) is 0 Å². The minimum Gasteiger partial charge on any atom is -0.349 e. The van der Waals surface area contributed by atoms with E-state index >= 15 is 0 Å². The molecule has 0 fully saturated rings. The maximum Gasteiger partial charge on any atom is 0.272 e. The fourth-order valence-corrected chi connectivity index (χ4v) is 3.77. The number of nitrogens with zero attached hydrogens (tertiary/aromatic N) is 3. The fourth-order valence-electron chi connectivity index (χ4n) is 3.28. The van der Waals surface area contributed by atoms with Crippen LogP contribution in [0.1, 0.15) is 28.2 Å². The number of carbonyl (C=O) groups is 1. The minimum atomic E-state index is -3.21. The highest BCUT2D eigenvalue weighted by molar-refractivity contribution is 7.88. The van der Waals surface area contributed by atoms with Crippen LogP contribution < -0.4 is 4.72 Å². The lowest BCUT2D eigenvalue weighted by Gasteiger charge is -2.24. The lowest BCUT2D eigenvalue weighted by Crippen LogP contribution is -2.35. The van der Waals surface area contributed by atoms with Crippen LogP contribution in [-0.2, 0) is 23.1 Å². The van der Waals surface area contributed by atoms with Gasteiger partial charge in [0.15, 0.2) is 0 Å². The second kappa shape index (κ2) is 7.59. The molecule has 0 spiro atoms. The first-order valence-electron chi connectivity index (χ1n) is 8.62. The summed E-state index contributed by atoms with van der Waals surface area (Å²) in [5.41, 5.74) is 2.51. The van der Waals surface area contributed by atoms with E-state index in [1.54, 1.807) is 12.3 Å². The average Bonchev–Trinajstić information content (AvgIpc) is 2.91. The van der Waals surface area contributed by atoms with Crippen molar-refractivity contribution >= 4 is 15.9 Å². The van der Waals surface area contributed by atoms with E-state index in [-0.39, 0.29) is 11.8 Å². The van der Waals surface area contributed by atoms with Crippen LogP contribution in [0.2, 0.25) is 0 Å². The van der Waals surface area contributed by atoms with Crippen molar-refractivity contribution < 1.29 is 13.2 Å². The van der Waals surface area contributed by atoms with Crippen molar-refractivity contribution in [2.45, 2.75) is 26.4 Å². The molecule has 1 amide bonds. The number of fused-ring (bicyclic) bond motifs is 1. The largest absolute Gasteiger partial charge is 0.349 e. The molecule has 140 valence electrons. The first kappa shape index (κ1) is 18.6. The molecule has 0 aliphatic carbocycles. The first-order chi connectivity index (χ1) is 12.3. The Balaban J connectivity index is 1.78. The summed E-state index contributed by atoms with van der Waals surface area (Å²) in [6.45, 7) is 4.16. The van der Waals surface area contributed by atoms with E-state index in [1.165, 1.54) is 0 Å². The maximum absolute atomic E-state index is 13.0. The highest BCUT2D eigenvalue weighted by Crippen LogP contribution is 2.21. The lowest BCUT2D eigenvalue weighted by atomic mass is 10.1. The molecule has 1 N–H and O–H groups in total. The van der Waals surface area contributed by atoms with Gasteiger partial charge in [-0.1, -0.05) is 0 Å². The third-order valence-electron chi connectivity index (χ3n) is 4.55. The van der Waals surface area contributed by atoms with E-state index in [2.05, 4.69) is 14.3 Å². The van der Waals surface area contributed by atoms with E-state index in [0.29, 0.717) is 31.7 Å². The molecule has 1 atom stereocenters. The SMILES string of the molecule is Cc1ccnc(C(=O)N2Cc3cccn3C[C@H](CCNS(C)(=O)=O)C2)c1. The minimum absolute atomic E-state index is 0.0931. The molecule has 0 unspecified atom stereocenters. The number of rotatable bonds is 5. The van der Waals surface area contributed by atoms with Crippen LogP contribution in [-0.4, -0.2) is 48.1 Å². The van der Waals surface area contributed by atoms with Crippen molar-refractivity contribution in [1.29, 1.82) is 0 Å². The quantitative estimate of drug-likeness (QED) is 0.855. The Hall–Kier alpha value is -2.19. The summed E-state index contributed by atoms with van der Waals surface area (Å²) in [5.74, 6) is 0.0658. The molecule has 1 aliphatic heterocycles. The van der Waals surface area contributed by atoms with E-state index in [4.69, 9.17) is 0 Å². The van der Waals surface area contributed by atoms with Gasteiger partial charge < -0.3 is 9.47 Å². The van der Waals surface area contributed by atoms with Crippen LogP contribution in [0.4, 0.5) is 0 Å². The third-order valence-corrected chi connectivity index (χ3v) is 5.28. The van der Waals surface area contributed by atoms with E-state index in [1.807, 2.05) is 36.2 Å². The summed E-state index contributed by atoms with van der Waals surface area (Å²) < 4.78 is 27.3. The summed E-state index contributed by atoms with van der Waals surface area (Å²) in [4.78, 5) is 19.0. The Kier molecular flexibility index (Phi) is 5.43. The standard InChI is InChI=1S/C18H24N4O3S/c1-14-5-7-19-17(10-14)18(23)22-12-15(6-8-20-26(2,24)25)11-21-9-3-4-16(21)13-22/h3-5,7,9-10,15,20H,6,8,11-13H2,1-2H3/t15-/m0/s1. The van der Waals surface area contributed by atoms with E-state index in [0.717, 1.165) is 24.1 Å². The van der Waals surface area contributed by atoms with Crippen molar-refractivity contribution in [3.05, 3.63) is 53.6 Å². The van der Waals surface area contributed by atoms with Crippen LogP contribution in [0.15, 0.2) is 36.7 Å². The van der Waals surface area contributed by atoms with Gasteiger partial charge in [0.25, 0.3) is 5.91 Å². The third kappa shape index (κ3) is 4.70. The van der Waals surface area contributed by atoms with Gasteiger partial charge in [-0.3, -0.25) is 9.78 Å². The number of aryl methyl sites for hydroxylation is 1. The van der Waals surface area contributed by atoms with Gasteiger partial charge in [-0.2, -0.15) is 0 Å². The molecule has 0 radical (unpaired) electrons. The Labute approximate surface area is 154 Å². The molecular formula is C18H24N4O3S. The van der Waals surface area contributed by atoms with E-state index in [9.17, 15) is 13.2 Å². The van der Waals surface area contributed by atoms with Crippen LogP contribution in [0.3, 0.4) is 0 Å². The van der Waals surface area contributed by atoms with Crippen LogP contribution >= 0.6 is 0 Å². The van der Waals surface area contributed by atoms with Gasteiger partial charge in [-0.25, -0.2) is 13.1 Å². The van der Waals surface area contributed by atoms with E-state index < -0.39 is 10.0 Å². The molecule has 0 saturated heterocycles. The Morgan fingerprint density at radius 2 is 2.15 bits per heavy atom. The van der Waals surface area contributed by atoms with Crippen molar-refractivity contribution in [3.8, 4) is 0 Å². The molecule has 0 bridgehead atoms. The number of sulfonamides is 1. The predicted octanol–water partition coefficient (Wildman–Crippen LogP) is 1.40. The molecule has 3 heterocycles. The monoisotopic (exact) mass is 376 g/mol. The van der Waals surface area contributed by atoms with Gasteiger partial charge in [0.1, 0.15) is 5.69 Å². The van der Waals surface area contributed by atoms with Gasteiger partial charge in [0, 0.05) is 37.7 Å². The smallest absolute Gasteiger partial charge is 0.272 e. The number of aromatic nitrogens is 2. The Morgan fingerprint density at radius 1 is 1.35 bits per heavy atom. The highest BCUT2D eigenvalue weighted by atomic mass is 32.2. The molecular weight excluding hydrogens is 352 g/mol. The summed E-state index contributed by atoms with van der Waals surface area (Å²) in [6.07, 6.45) is 5.47. The zero-order valence-electron chi connectivity index (χ0n) is 15.1. The predicted molar refractivity (Wildman–Crippen MR) is 99.1 cm³/mol. The number of hydrogen-bond acceptors (Lipinski definition) is 4. The molecule has 3 rings (SSSR count). The molecule has 1 aliphatic rings. The number of amides is 1. The second-order valence-electron chi connectivity index (χ2n) is 6.88. The summed E-state index contributed by atoms with van der Waals surface area (Å²) in [6, 6.07) is 7.65. The molecule has 7 nitrogen and oxygen atoms in total. The first-order valence-corrected chi connectivity index (χ1v) is 10.5. The normalized spacial score (nSPS) is 17.6. The summed E-state index contributed by atoms with van der Waals surface area (Å²) in [5, 5.41) is 0. The molecule has 0 aromatic carbocycles. The van der Waals surface area contributed by atoms with Gasteiger partial charge in [0.05, 0.1) is 12.8 Å². The van der Waals surface area contributed by atoms with Crippen LogP contribution in [0, 0.1) is 12.8 Å². The zero-order chi connectivity index (χ0) is 18.7. The summed E-state index contributed by atoms with van der Waals surface area (Å²) >= 11 is 0. The molecule has 26 heavy (non-hydrogen) atoms. The topological polar surface area (TPSA) is 84.3 Å². The van der Waals surface area contributed by atoms with Crippen LogP contribution in [0.25, 0.3) is 0 Å². The molecule has 2 aromatic heterocycles. The molecule has 0 saturated carbocycles. The molecule has 8 heteroatoms. The van der Waals surface area contributed by atoms with Crippen molar-refractivity contribution in [3.63, 3.8) is 0 Å². The fraction of sp³-hybridized carbons (Fsp3) is 0.444. The van der Waals surface area contributed by atoms with Crippen molar-refractivity contribution in [1.82, 2.24) is 19.2 Å². The number of pyridine rings is 1. The van der Waals surface area contributed by atoms with Crippen molar-refractivity contribution in [2.24, 2.45) is 5.92 Å².